The number of urea groups is 1. The highest BCUT2D eigenvalue weighted by Crippen LogP contribution is 2.13. The van der Waals surface area contributed by atoms with Crippen LogP contribution in [-0.4, -0.2) is 65.6 Å². The van der Waals surface area contributed by atoms with Crippen LogP contribution in [0.15, 0.2) is 0 Å². The van der Waals surface area contributed by atoms with Gasteiger partial charge in [0.25, 0.3) is 0 Å². The number of nitrogens with one attached hydrogen (secondary N) is 1. The van der Waals surface area contributed by atoms with E-state index in [9.17, 15) is 14.7 Å². The lowest BCUT2D eigenvalue weighted by molar-refractivity contribution is -0.141. The second kappa shape index (κ2) is 6.72. The van der Waals surface area contributed by atoms with Gasteiger partial charge in [-0.1, -0.05) is 0 Å². The molecule has 1 aliphatic rings. The first kappa shape index (κ1) is 15.7. The largest absolute Gasteiger partial charge is 0.481 e. The second-order valence-electron chi connectivity index (χ2n) is 5.17. The number of carbonyl (C=O) groups is 2. The van der Waals surface area contributed by atoms with Gasteiger partial charge in [0.15, 0.2) is 0 Å². The summed E-state index contributed by atoms with van der Waals surface area (Å²) in [4.78, 5) is 24.1. The van der Waals surface area contributed by atoms with Crippen LogP contribution in [0.2, 0.25) is 0 Å². The van der Waals surface area contributed by atoms with E-state index in [4.69, 9.17) is 9.84 Å². The molecule has 0 bridgehead atoms. The van der Waals surface area contributed by atoms with E-state index in [-0.39, 0.29) is 18.7 Å². The van der Waals surface area contributed by atoms with Crippen LogP contribution in [0.1, 0.15) is 26.2 Å². The van der Waals surface area contributed by atoms with Gasteiger partial charge in [0.1, 0.15) is 0 Å². The molecule has 2 atom stereocenters. The molecule has 0 saturated carbocycles. The summed E-state index contributed by atoms with van der Waals surface area (Å²) in [6, 6.07) is -0.299. The maximum atomic E-state index is 11.9. The normalized spacial score (nSPS) is 22.7. The van der Waals surface area contributed by atoms with E-state index in [0.717, 1.165) is 12.8 Å². The van der Waals surface area contributed by atoms with Crippen molar-refractivity contribution in [1.82, 2.24) is 10.2 Å². The van der Waals surface area contributed by atoms with Crippen LogP contribution in [0.3, 0.4) is 0 Å². The number of piperidine rings is 1. The first-order valence-electron chi connectivity index (χ1n) is 6.34. The number of rotatable bonds is 5. The van der Waals surface area contributed by atoms with Crippen molar-refractivity contribution >= 4 is 12.0 Å². The van der Waals surface area contributed by atoms with E-state index >= 15 is 0 Å². The van der Waals surface area contributed by atoms with Crippen molar-refractivity contribution in [1.29, 1.82) is 0 Å². The summed E-state index contributed by atoms with van der Waals surface area (Å²) in [5.41, 5.74) is -1.45. The number of nitrogens with zero attached hydrogens (tertiary/aromatic N) is 1. The molecule has 0 aliphatic carbocycles. The molecular formula is C12H22N2O5. The summed E-state index contributed by atoms with van der Waals surface area (Å²) in [5, 5.41) is 21.0. The Morgan fingerprint density at radius 2 is 2.21 bits per heavy atom. The summed E-state index contributed by atoms with van der Waals surface area (Å²) in [7, 11) is 1.61. The van der Waals surface area contributed by atoms with Crippen LogP contribution in [0, 0.1) is 0 Å². The highest BCUT2D eigenvalue weighted by Gasteiger charge is 2.27. The van der Waals surface area contributed by atoms with Gasteiger partial charge in [-0.3, -0.25) is 4.79 Å². The van der Waals surface area contributed by atoms with Crippen LogP contribution in [0.4, 0.5) is 4.79 Å². The molecule has 0 spiro atoms. The molecular weight excluding hydrogens is 252 g/mol. The Kier molecular flexibility index (Phi) is 5.56. The number of ether oxygens (including phenoxy) is 1. The zero-order chi connectivity index (χ0) is 14.5. The van der Waals surface area contributed by atoms with E-state index in [2.05, 4.69) is 5.32 Å². The summed E-state index contributed by atoms with van der Waals surface area (Å²) in [5.74, 6) is -1.10. The third-order valence-electron chi connectivity index (χ3n) is 3.15. The van der Waals surface area contributed by atoms with E-state index < -0.39 is 18.0 Å². The third-order valence-corrected chi connectivity index (χ3v) is 3.15. The molecule has 0 aromatic rings. The topological polar surface area (TPSA) is 99.1 Å². The molecule has 110 valence electrons. The molecule has 0 aromatic carbocycles. The first-order chi connectivity index (χ1) is 8.84. The summed E-state index contributed by atoms with van der Waals surface area (Å²) in [6.07, 6.45) is 1.43. The van der Waals surface area contributed by atoms with Gasteiger partial charge in [0.2, 0.25) is 0 Å². The average molecular weight is 274 g/mol. The SMILES string of the molecule is COC1CCCN(C(=O)NCC(C)(O)CC(=O)O)C1. The number of carboxylic acid groups (broad SMARTS) is 1. The monoisotopic (exact) mass is 274 g/mol. The van der Waals surface area contributed by atoms with Crippen LogP contribution >= 0.6 is 0 Å². The van der Waals surface area contributed by atoms with E-state index in [1.54, 1.807) is 12.0 Å². The molecule has 19 heavy (non-hydrogen) atoms. The Balaban J connectivity index is 2.40. The van der Waals surface area contributed by atoms with Crippen molar-refractivity contribution in [3.05, 3.63) is 0 Å². The van der Waals surface area contributed by atoms with Crippen LogP contribution in [0.25, 0.3) is 0 Å². The van der Waals surface area contributed by atoms with E-state index in [1.165, 1.54) is 6.92 Å². The highest BCUT2D eigenvalue weighted by atomic mass is 16.5. The molecule has 1 fully saturated rings. The zero-order valence-electron chi connectivity index (χ0n) is 11.4. The maximum absolute atomic E-state index is 11.9. The lowest BCUT2D eigenvalue weighted by Crippen LogP contribution is -2.51. The molecule has 7 nitrogen and oxygen atoms in total. The molecule has 1 aliphatic heterocycles. The minimum absolute atomic E-state index is 0.0408. The fraction of sp³-hybridized carbons (Fsp3) is 0.833. The number of amides is 2. The van der Waals surface area contributed by atoms with Crippen molar-refractivity contribution in [3.63, 3.8) is 0 Å². The number of methoxy groups -OCH3 is 1. The molecule has 2 amide bonds. The molecule has 1 rings (SSSR count). The number of hydrogen-bond acceptors (Lipinski definition) is 4. The predicted molar refractivity (Wildman–Crippen MR) is 67.9 cm³/mol. The molecule has 3 N–H and O–H groups in total. The van der Waals surface area contributed by atoms with Crippen molar-refractivity contribution in [2.75, 3.05) is 26.7 Å². The number of likely N-dealkylation sites (tertiary alicyclic amines) is 1. The minimum atomic E-state index is -1.45. The molecule has 7 heteroatoms. The lowest BCUT2D eigenvalue weighted by atomic mass is 10.0. The van der Waals surface area contributed by atoms with Gasteiger partial charge in [-0.15, -0.1) is 0 Å². The van der Waals surface area contributed by atoms with E-state index in [0.29, 0.717) is 13.1 Å². The van der Waals surface area contributed by atoms with Crippen LogP contribution in [0.5, 0.6) is 0 Å². The maximum Gasteiger partial charge on any atom is 0.317 e. The minimum Gasteiger partial charge on any atom is -0.481 e. The summed E-state index contributed by atoms with van der Waals surface area (Å²) in [6.45, 7) is 2.46. The Bertz CT molecular complexity index is 332. The fourth-order valence-electron chi connectivity index (χ4n) is 2.08. The highest BCUT2D eigenvalue weighted by molar-refractivity contribution is 5.74. The van der Waals surface area contributed by atoms with Crippen molar-refractivity contribution in [3.8, 4) is 0 Å². The van der Waals surface area contributed by atoms with Crippen molar-refractivity contribution in [2.45, 2.75) is 37.9 Å². The molecule has 2 unspecified atom stereocenters. The van der Waals surface area contributed by atoms with Crippen molar-refractivity contribution in [2.24, 2.45) is 0 Å². The summed E-state index contributed by atoms with van der Waals surface area (Å²) < 4.78 is 5.22. The molecule has 1 heterocycles. The molecule has 0 aromatic heterocycles. The Hall–Kier alpha value is -1.34. The number of carboxylic acids is 1. The Labute approximate surface area is 112 Å². The van der Waals surface area contributed by atoms with Gasteiger partial charge in [-0.25, -0.2) is 4.79 Å². The fourth-order valence-corrected chi connectivity index (χ4v) is 2.08. The smallest absolute Gasteiger partial charge is 0.317 e. The number of aliphatic hydroxyl groups is 1. The average Bonchev–Trinajstić information content (AvgIpc) is 2.34. The Morgan fingerprint density at radius 3 is 2.79 bits per heavy atom. The number of hydrogen-bond donors (Lipinski definition) is 3. The third kappa shape index (κ3) is 5.44. The van der Waals surface area contributed by atoms with Gasteiger partial charge in [0, 0.05) is 26.7 Å². The standard InChI is InChI=1S/C12H22N2O5/c1-12(18,6-10(15)16)8-13-11(17)14-5-3-4-9(7-14)19-2/h9,18H,3-8H2,1-2H3,(H,13,17)(H,15,16). The predicted octanol–water partition coefficient (Wildman–Crippen LogP) is 0.0325. The van der Waals surface area contributed by atoms with Gasteiger partial charge in [-0.2, -0.15) is 0 Å². The van der Waals surface area contributed by atoms with Gasteiger partial charge < -0.3 is 25.2 Å². The number of aliphatic carboxylic acids is 1. The molecule has 1 saturated heterocycles. The van der Waals surface area contributed by atoms with E-state index in [1.807, 2.05) is 0 Å². The van der Waals surface area contributed by atoms with Gasteiger partial charge >= 0.3 is 12.0 Å². The lowest BCUT2D eigenvalue weighted by Gasteiger charge is -2.33. The number of carbonyl (C=O) groups excluding carboxylic acids is 1. The van der Waals surface area contributed by atoms with Crippen LogP contribution < -0.4 is 5.32 Å². The van der Waals surface area contributed by atoms with Crippen LogP contribution in [-0.2, 0) is 9.53 Å². The first-order valence-corrected chi connectivity index (χ1v) is 6.34. The van der Waals surface area contributed by atoms with Gasteiger partial charge in [0.05, 0.1) is 18.1 Å². The summed E-state index contributed by atoms with van der Waals surface area (Å²) >= 11 is 0. The zero-order valence-corrected chi connectivity index (χ0v) is 11.4. The second-order valence-corrected chi connectivity index (χ2v) is 5.17. The Morgan fingerprint density at radius 1 is 1.53 bits per heavy atom. The quantitative estimate of drug-likeness (QED) is 0.657. The molecule has 0 radical (unpaired) electrons. The van der Waals surface area contributed by atoms with Gasteiger partial charge in [-0.05, 0) is 19.8 Å². The van der Waals surface area contributed by atoms with Crippen molar-refractivity contribution < 1.29 is 24.5 Å².